The Labute approximate surface area is 108 Å². The van der Waals surface area contributed by atoms with E-state index in [2.05, 4.69) is 0 Å². The normalized spacial score (nSPS) is 19.4. The first-order valence-corrected chi connectivity index (χ1v) is 6.31. The van der Waals surface area contributed by atoms with Crippen molar-refractivity contribution in [1.29, 1.82) is 0 Å². The molecule has 5 nitrogen and oxygen atoms in total. The molecular formula is C13H23NO4. The van der Waals surface area contributed by atoms with Gasteiger partial charge in [-0.3, -0.25) is 0 Å². The van der Waals surface area contributed by atoms with Gasteiger partial charge in [0.1, 0.15) is 18.5 Å². The number of ether oxygens (including phenoxy) is 2. The lowest BCUT2D eigenvalue weighted by atomic mass is 9.93. The maximum absolute atomic E-state index is 11.8. The number of piperidine rings is 1. The summed E-state index contributed by atoms with van der Waals surface area (Å²) in [6.07, 6.45) is 1.92. The molecule has 18 heavy (non-hydrogen) atoms. The average Bonchev–Trinajstić information content (AvgIpc) is 2.25. The number of carbonyl (C=O) groups is 2. The average molecular weight is 257 g/mol. The van der Waals surface area contributed by atoms with E-state index in [1.54, 1.807) is 4.90 Å². The van der Waals surface area contributed by atoms with Crippen molar-refractivity contribution in [2.45, 2.75) is 51.7 Å². The maximum atomic E-state index is 11.8. The number of amides is 1. The van der Waals surface area contributed by atoms with E-state index < -0.39 is 5.60 Å². The van der Waals surface area contributed by atoms with Crippen LogP contribution in [0.2, 0.25) is 0 Å². The highest BCUT2D eigenvalue weighted by atomic mass is 16.6. The second-order valence-electron chi connectivity index (χ2n) is 5.89. The second kappa shape index (κ2) is 5.69. The number of hydrogen-bond donors (Lipinski definition) is 0. The molecule has 1 saturated heterocycles. The molecule has 0 aromatic rings. The van der Waals surface area contributed by atoms with Crippen molar-refractivity contribution >= 4 is 12.4 Å². The summed E-state index contributed by atoms with van der Waals surface area (Å²) < 4.78 is 10.8. The van der Waals surface area contributed by atoms with E-state index in [-0.39, 0.29) is 18.3 Å². The molecule has 1 rings (SSSR count). The highest BCUT2D eigenvalue weighted by Crippen LogP contribution is 2.26. The molecule has 1 aliphatic rings. The van der Waals surface area contributed by atoms with Crippen molar-refractivity contribution in [1.82, 2.24) is 4.90 Å². The van der Waals surface area contributed by atoms with Crippen molar-refractivity contribution in [3.8, 4) is 0 Å². The molecular weight excluding hydrogens is 234 g/mol. The molecule has 0 aromatic heterocycles. The molecule has 1 amide bonds. The molecule has 0 bridgehead atoms. The van der Waals surface area contributed by atoms with E-state index in [1.807, 2.05) is 27.7 Å². The number of hydrogen-bond acceptors (Lipinski definition) is 4. The van der Waals surface area contributed by atoms with Crippen LogP contribution in [0.5, 0.6) is 0 Å². The van der Waals surface area contributed by atoms with Gasteiger partial charge in [-0.25, -0.2) is 4.79 Å². The van der Waals surface area contributed by atoms with Gasteiger partial charge in [-0.05, 0) is 40.5 Å². The quantitative estimate of drug-likeness (QED) is 0.726. The van der Waals surface area contributed by atoms with E-state index >= 15 is 0 Å². The summed E-state index contributed by atoms with van der Waals surface area (Å²) in [5.74, 6) is 0. The van der Waals surface area contributed by atoms with Gasteiger partial charge in [0.25, 0.3) is 0 Å². The van der Waals surface area contributed by atoms with Crippen LogP contribution >= 0.6 is 0 Å². The predicted molar refractivity (Wildman–Crippen MR) is 67.5 cm³/mol. The van der Waals surface area contributed by atoms with Crippen LogP contribution in [0.4, 0.5) is 4.79 Å². The minimum atomic E-state index is -0.466. The highest BCUT2D eigenvalue weighted by molar-refractivity contribution is 5.68. The minimum absolute atomic E-state index is 0.114. The topological polar surface area (TPSA) is 55.8 Å². The molecule has 0 aromatic carbocycles. The van der Waals surface area contributed by atoms with Crippen LogP contribution in [-0.4, -0.2) is 48.2 Å². The molecule has 5 heteroatoms. The Morgan fingerprint density at radius 2 is 1.89 bits per heavy atom. The van der Waals surface area contributed by atoms with Crippen molar-refractivity contribution in [2.75, 3.05) is 19.7 Å². The number of aldehydes is 1. The first-order chi connectivity index (χ1) is 8.26. The molecule has 1 fully saturated rings. The number of rotatable bonds is 3. The maximum Gasteiger partial charge on any atom is 0.410 e. The third-order valence-corrected chi connectivity index (χ3v) is 2.97. The van der Waals surface area contributed by atoms with Crippen molar-refractivity contribution in [3.05, 3.63) is 0 Å². The Morgan fingerprint density at radius 3 is 2.33 bits per heavy atom. The summed E-state index contributed by atoms with van der Waals surface area (Å²) in [5, 5.41) is 0. The summed E-state index contributed by atoms with van der Waals surface area (Å²) in [7, 11) is 0. The summed E-state index contributed by atoms with van der Waals surface area (Å²) in [6.45, 7) is 8.85. The highest BCUT2D eigenvalue weighted by Gasteiger charge is 2.34. The minimum Gasteiger partial charge on any atom is -0.444 e. The van der Waals surface area contributed by atoms with E-state index in [1.165, 1.54) is 0 Å². The molecule has 0 N–H and O–H groups in total. The molecule has 0 saturated carbocycles. The van der Waals surface area contributed by atoms with Gasteiger partial charge in [-0.15, -0.1) is 0 Å². The zero-order valence-corrected chi connectivity index (χ0v) is 11.7. The van der Waals surface area contributed by atoms with Crippen LogP contribution in [0.3, 0.4) is 0 Å². The Balaban J connectivity index is 2.43. The first kappa shape index (κ1) is 15.0. The van der Waals surface area contributed by atoms with Gasteiger partial charge in [-0.2, -0.15) is 0 Å². The Kier molecular flexibility index (Phi) is 4.73. The molecule has 0 spiro atoms. The van der Waals surface area contributed by atoms with Gasteiger partial charge in [0.2, 0.25) is 0 Å². The van der Waals surface area contributed by atoms with Crippen molar-refractivity contribution in [2.24, 2.45) is 0 Å². The van der Waals surface area contributed by atoms with Gasteiger partial charge in [0.05, 0.1) is 5.60 Å². The van der Waals surface area contributed by atoms with Crippen LogP contribution < -0.4 is 0 Å². The lowest BCUT2D eigenvalue weighted by Gasteiger charge is -2.39. The Hall–Kier alpha value is -1.10. The second-order valence-corrected chi connectivity index (χ2v) is 5.89. The van der Waals surface area contributed by atoms with Gasteiger partial charge >= 0.3 is 6.09 Å². The third kappa shape index (κ3) is 4.64. The summed E-state index contributed by atoms with van der Waals surface area (Å²) >= 11 is 0. The smallest absolute Gasteiger partial charge is 0.410 e. The zero-order valence-electron chi connectivity index (χ0n) is 11.7. The number of nitrogens with zero attached hydrogens (tertiary/aromatic N) is 1. The summed E-state index contributed by atoms with van der Waals surface area (Å²) in [5.41, 5.74) is -0.773. The van der Waals surface area contributed by atoms with Crippen LogP contribution in [-0.2, 0) is 14.3 Å². The first-order valence-electron chi connectivity index (χ1n) is 6.31. The van der Waals surface area contributed by atoms with Crippen molar-refractivity contribution < 1.29 is 19.1 Å². The van der Waals surface area contributed by atoms with Crippen LogP contribution in [0.25, 0.3) is 0 Å². The van der Waals surface area contributed by atoms with Gasteiger partial charge < -0.3 is 19.2 Å². The number of carbonyl (C=O) groups excluding carboxylic acids is 2. The molecule has 104 valence electrons. The summed E-state index contributed by atoms with van der Waals surface area (Å²) in [4.78, 5) is 23.8. The van der Waals surface area contributed by atoms with Gasteiger partial charge in [-0.1, -0.05) is 0 Å². The Morgan fingerprint density at radius 1 is 1.33 bits per heavy atom. The molecule has 1 heterocycles. The predicted octanol–water partition coefficient (Wildman–Crippen LogP) is 1.99. The lowest BCUT2D eigenvalue weighted by molar-refractivity contribution is -0.122. The fraction of sp³-hybridized carbons (Fsp3) is 0.846. The van der Waals surface area contributed by atoms with Crippen LogP contribution in [0.15, 0.2) is 0 Å². The van der Waals surface area contributed by atoms with E-state index in [0.717, 1.165) is 19.1 Å². The largest absolute Gasteiger partial charge is 0.444 e. The molecule has 0 radical (unpaired) electrons. The van der Waals surface area contributed by atoms with E-state index in [4.69, 9.17) is 9.47 Å². The van der Waals surface area contributed by atoms with Crippen LogP contribution in [0.1, 0.15) is 40.5 Å². The standard InChI is InChI=1S/C13H23NO4/c1-12(2,3)18-11(16)14-7-5-13(4,6-8-14)17-10-9-15/h9H,5-8,10H2,1-4H3. The number of likely N-dealkylation sites (tertiary alicyclic amines) is 1. The third-order valence-electron chi connectivity index (χ3n) is 2.97. The Bertz CT molecular complexity index is 301. The van der Waals surface area contributed by atoms with E-state index in [0.29, 0.717) is 13.1 Å². The van der Waals surface area contributed by atoms with E-state index in [9.17, 15) is 9.59 Å². The molecule has 1 aliphatic heterocycles. The fourth-order valence-corrected chi connectivity index (χ4v) is 1.87. The SMILES string of the molecule is CC(C)(C)OC(=O)N1CCC(C)(OCC=O)CC1. The molecule has 0 aliphatic carbocycles. The summed E-state index contributed by atoms with van der Waals surface area (Å²) in [6, 6.07) is 0. The van der Waals surface area contributed by atoms with Gasteiger partial charge in [0.15, 0.2) is 0 Å². The molecule has 0 unspecified atom stereocenters. The fourth-order valence-electron chi connectivity index (χ4n) is 1.87. The lowest BCUT2D eigenvalue weighted by Crippen LogP contribution is -2.48. The monoisotopic (exact) mass is 257 g/mol. The van der Waals surface area contributed by atoms with Crippen molar-refractivity contribution in [3.63, 3.8) is 0 Å². The molecule has 0 atom stereocenters. The zero-order chi connectivity index (χ0) is 13.8. The van der Waals surface area contributed by atoms with Gasteiger partial charge in [0, 0.05) is 13.1 Å². The van der Waals surface area contributed by atoms with Crippen LogP contribution in [0, 0.1) is 0 Å².